The molecule has 1 aliphatic carbocycles. The maximum absolute atomic E-state index is 13.8. The molecule has 0 aliphatic heterocycles. The highest BCUT2D eigenvalue weighted by molar-refractivity contribution is 7.17. The number of fused-ring (bicyclic) bond motifs is 1. The molecule has 8 nitrogen and oxygen atoms in total. The van der Waals surface area contributed by atoms with Gasteiger partial charge in [-0.15, -0.1) is 16.4 Å². The maximum atomic E-state index is 13.8. The van der Waals surface area contributed by atoms with Crippen LogP contribution in [-0.2, 0) is 17.8 Å². The van der Waals surface area contributed by atoms with Crippen LogP contribution in [0.25, 0.3) is 10.1 Å². The Bertz CT molecular complexity index is 1380. The molecule has 2 aromatic heterocycles. The third-order valence-electron chi connectivity index (χ3n) is 7.73. The van der Waals surface area contributed by atoms with Crippen molar-refractivity contribution in [2.45, 2.75) is 65.5 Å². The van der Waals surface area contributed by atoms with Crippen LogP contribution >= 0.6 is 11.3 Å². The van der Waals surface area contributed by atoms with Gasteiger partial charge in [-0.25, -0.2) is 0 Å². The molecule has 9 heteroatoms. The van der Waals surface area contributed by atoms with Crippen molar-refractivity contribution in [3.63, 3.8) is 0 Å². The van der Waals surface area contributed by atoms with Crippen LogP contribution in [0.1, 0.15) is 67.9 Å². The number of nitrogens with zero attached hydrogens (tertiary/aromatic N) is 4. The number of aromatic nitrogens is 4. The second-order valence-electron chi connectivity index (χ2n) is 11.2. The average molecular weight is 531 g/mol. The van der Waals surface area contributed by atoms with Crippen LogP contribution in [0.4, 0.5) is 5.95 Å². The molecule has 0 spiro atoms. The molecule has 2 N–H and O–H groups in total. The summed E-state index contributed by atoms with van der Waals surface area (Å²) in [4.78, 5) is 28.4. The predicted molar refractivity (Wildman–Crippen MR) is 150 cm³/mol. The molecule has 0 atom stereocenters. The van der Waals surface area contributed by atoms with Gasteiger partial charge in [-0.05, 0) is 82.3 Å². The molecule has 1 saturated carbocycles. The molecule has 4 aromatic rings. The van der Waals surface area contributed by atoms with Crippen molar-refractivity contribution in [2.24, 2.45) is 11.3 Å². The summed E-state index contributed by atoms with van der Waals surface area (Å²) in [5.74, 6) is 0.651. The Balaban J connectivity index is 1.33. The monoisotopic (exact) mass is 530 g/mol. The van der Waals surface area contributed by atoms with Crippen molar-refractivity contribution in [1.29, 1.82) is 0 Å². The van der Waals surface area contributed by atoms with E-state index in [4.69, 9.17) is 0 Å². The molecular weight excluding hydrogens is 496 g/mol. The van der Waals surface area contributed by atoms with Crippen LogP contribution in [-0.4, -0.2) is 43.4 Å². The Morgan fingerprint density at radius 2 is 1.79 bits per heavy atom. The van der Waals surface area contributed by atoms with Crippen molar-refractivity contribution in [3.05, 3.63) is 70.6 Å². The first-order valence-corrected chi connectivity index (χ1v) is 14.0. The van der Waals surface area contributed by atoms with Gasteiger partial charge in [-0.2, -0.15) is 5.21 Å². The predicted octanol–water partition coefficient (Wildman–Crippen LogP) is 5.84. The van der Waals surface area contributed by atoms with Gasteiger partial charge in [-0.3, -0.25) is 14.9 Å². The lowest BCUT2D eigenvalue weighted by atomic mass is 9.71. The zero-order valence-electron chi connectivity index (χ0n) is 22.1. The Labute approximate surface area is 226 Å². The minimum Gasteiger partial charge on any atom is -0.335 e. The summed E-state index contributed by atoms with van der Waals surface area (Å²) in [6.07, 6.45) is 4.70. The summed E-state index contributed by atoms with van der Waals surface area (Å²) in [6, 6.07) is 15.9. The van der Waals surface area contributed by atoms with Crippen molar-refractivity contribution in [3.8, 4) is 0 Å². The molecule has 0 unspecified atom stereocenters. The molecule has 1 fully saturated rings. The number of rotatable bonds is 7. The zero-order valence-corrected chi connectivity index (χ0v) is 22.9. The highest BCUT2D eigenvalue weighted by Gasteiger charge is 2.33. The van der Waals surface area contributed by atoms with Crippen LogP contribution in [0, 0.1) is 11.3 Å². The molecule has 0 bridgehead atoms. The number of carbonyl (C=O) groups excluding carboxylic acids is 2. The van der Waals surface area contributed by atoms with Gasteiger partial charge < -0.3 is 4.90 Å². The molecule has 38 heavy (non-hydrogen) atoms. The zero-order chi connectivity index (χ0) is 26.7. The molecule has 1 aliphatic rings. The maximum Gasteiger partial charge on any atom is 0.270 e. The van der Waals surface area contributed by atoms with E-state index in [1.807, 2.05) is 24.3 Å². The lowest BCUT2D eigenvalue weighted by Gasteiger charge is -2.41. The summed E-state index contributed by atoms with van der Waals surface area (Å²) < 4.78 is 1.21. The van der Waals surface area contributed by atoms with E-state index in [-0.39, 0.29) is 29.2 Å². The van der Waals surface area contributed by atoms with E-state index in [0.29, 0.717) is 24.4 Å². The van der Waals surface area contributed by atoms with Crippen LogP contribution in [0.5, 0.6) is 0 Å². The SMILES string of the molecule is CC(C)(C)C1CCC(N(Cc2ccc(C(=O)Nc3nn[nH]n3)cc2)C(=O)Cc2csc3ccccc23)CC1. The molecular formula is C29H34N6O2S. The van der Waals surface area contributed by atoms with E-state index >= 15 is 0 Å². The lowest BCUT2D eigenvalue weighted by Crippen LogP contribution is -2.43. The molecule has 2 amide bonds. The van der Waals surface area contributed by atoms with Gasteiger partial charge in [0.15, 0.2) is 0 Å². The average Bonchev–Trinajstić information content (AvgIpc) is 3.57. The molecule has 2 aromatic carbocycles. The molecule has 0 saturated heterocycles. The van der Waals surface area contributed by atoms with E-state index in [2.05, 4.69) is 69.1 Å². The van der Waals surface area contributed by atoms with Crippen molar-refractivity contribution in [2.75, 3.05) is 5.32 Å². The minimum atomic E-state index is -0.310. The fourth-order valence-corrected chi connectivity index (χ4v) is 6.42. The Hall–Kier alpha value is -3.59. The number of tetrazole rings is 1. The highest BCUT2D eigenvalue weighted by Crippen LogP contribution is 2.39. The number of nitrogens with one attached hydrogen (secondary N) is 2. The van der Waals surface area contributed by atoms with Crippen molar-refractivity contribution < 1.29 is 9.59 Å². The van der Waals surface area contributed by atoms with Gasteiger partial charge in [0.2, 0.25) is 5.91 Å². The topological polar surface area (TPSA) is 104 Å². The Morgan fingerprint density at radius 3 is 2.47 bits per heavy atom. The van der Waals surface area contributed by atoms with Gasteiger partial charge in [0.25, 0.3) is 11.9 Å². The van der Waals surface area contributed by atoms with Gasteiger partial charge in [0, 0.05) is 22.8 Å². The summed E-state index contributed by atoms with van der Waals surface area (Å²) >= 11 is 1.69. The van der Waals surface area contributed by atoms with E-state index in [0.717, 1.165) is 36.8 Å². The summed E-state index contributed by atoms with van der Waals surface area (Å²) in [7, 11) is 0. The van der Waals surface area contributed by atoms with Crippen molar-refractivity contribution >= 4 is 39.2 Å². The van der Waals surface area contributed by atoms with Gasteiger partial charge >= 0.3 is 0 Å². The molecule has 5 rings (SSSR count). The lowest BCUT2D eigenvalue weighted by molar-refractivity contribution is -0.134. The number of H-pyrrole nitrogens is 1. The number of anilines is 1. The molecule has 2 heterocycles. The summed E-state index contributed by atoms with van der Waals surface area (Å²) in [6.45, 7) is 7.48. The number of benzene rings is 2. The van der Waals surface area contributed by atoms with Crippen LogP contribution < -0.4 is 5.32 Å². The Kier molecular flexibility index (Phi) is 7.56. The second-order valence-corrected chi connectivity index (χ2v) is 12.1. The smallest absolute Gasteiger partial charge is 0.270 e. The third kappa shape index (κ3) is 5.93. The number of hydrogen-bond donors (Lipinski definition) is 2. The van der Waals surface area contributed by atoms with Gasteiger partial charge in [0.1, 0.15) is 0 Å². The van der Waals surface area contributed by atoms with Crippen LogP contribution in [0.3, 0.4) is 0 Å². The normalized spacial score (nSPS) is 17.9. The second kappa shape index (κ2) is 11.0. The number of hydrogen-bond acceptors (Lipinski definition) is 6. The standard InChI is InChI=1S/C29H34N6O2S/c1-29(2,3)22-12-14-23(15-13-22)35(26(36)16-21-18-38-25-7-5-4-6-24(21)25)17-19-8-10-20(11-9-19)27(37)30-28-31-33-34-32-28/h4-11,18,22-23H,12-17H2,1-3H3,(H2,30,31,32,33,34,37). The number of thiophene rings is 1. The first kappa shape index (κ1) is 26.0. The van der Waals surface area contributed by atoms with Gasteiger partial charge in [-0.1, -0.05) is 56.2 Å². The number of amides is 2. The molecule has 198 valence electrons. The fourth-order valence-electron chi connectivity index (χ4n) is 5.46. The third-order valence-corrected chi connectivity index (χ3v) is 8.74. The summed E-state index contributed by atoms with van der Waals surface area (Å²) in [5, 5.41) is 19.2. The Morgan fingerprint density at radius 1 is 1.05 bits per heavy atom. The highest BCUT2D eigenvalue weighted by atomic mass is 32.1. The first-order chi connectivity index (χ1) is 18.3. The van der Waals surface area contributed by atoms with Crippen molar-refractivity contribution in [1.82, 2.24) is 25.5 Å². The summed E-state index contributed by atoms with van der Waals surface area (Å²) in [5.41, 5.74) is 2.87. The van der Waals surface area contributed by atoms with E-state index in [9.17, 15) is 9.59 Å². The van der Waals surface area contributed by atoms with E-state index in [1.54, 1.807) is 23.5 Å². The minimum absolute atomic E-state index is 0.127. The number of aromatic amines is 1. The van der Waals surface area contributed by atoms with Crippen LogP contribution in [0.2, 0.25) is 0 Å². The van der Waals surface area contributed by atoms with Gasteiger partial charge in [0.05, 0.1) is 6.42 Å². The molecule has 0 radical (unpaired) electrons. The quantitative estimate of drug-likeness (QED) is 0.312. The fraction of sp³-hybridized carbons (Fsp3) is 0.414. The number of carbonyl (C=O) groups is 2. The van der Waals surface area contributed by atoms with E-state index in [1.165, 1.54) is 10.1 Å². The first-order valence-electron chi connectivity index (χ1n) is 13.2. The van der Waals surface area contributed by atoms with E-state index < -0.39 is 0 Å². The van der Waals surface area contributed by atoms with Crippen LogP contribution in [0.15, 0.2) is 53.9 Å². The largest absolute Gasteiger partial charge is 0.335 e.